The van der Waals surface area contributed by atoms with Crippen LogP contribution in [0, 0.1) is 11.7 Å². The van der Waals surface area contributed by atoms with Crippen molar-refractivity contribution in [3.05, 3.63) is 59.7 Å². The van der Waals surface area contributed by atoms with Gasteiger partial charge in [-0.25, -0.2) is 14.4 Å². The molecule has 1 atom stereocenters. The number of nitrogens with one attached hydrogen (secondary N) is 2. The van der Waals surface area contributed by atoms with Crippen LogP contribution in [-0.4, -0.2) is 74.8 Å². The van der Waals surface area contributed by atoms with Crippen LogP contribution >= 0.6 is 0 Å². The molecule has 0 bridgehead atoms. The normalized spacial score (nSPS) is 15.7. The van der Waals surface area contributed by atoms with E-state index in [4.69, 9.17) is 9.72 Å². The maximum Gasteiger partial charge on any atom is 0.283 e. The number of benzene rings is 1. The standard InChI is InChI=1S/C26H32FN7O4S/c1-17(2)15-34-25-22(31-26(34)28-16-39(35,36)37)8-7-21(30-25)20-14-29-32-23(20)13-24(33-9-11-38-12-10-33)18-3-5-19(27)6-4-18/h3-8,14,17,24H,9-13,15-16H2,1-2H3,(H,28,31)(H,29,32)(H,35,36,37)/t24-/m0/s1. The van der Waals surface area contributed by atoms with Crippen molar-refractivity contribution in [3.63, 3.8) is 0 Å². The highest BCUT2D eigenvalue weighted by molar-refractivity contribution is 7.85. The maximum atomic E-state index is 13.7. The number of rotatable bonds is 10. The van der Waals surface area contributed by atoms with Gasteiger partial charge in [-0.3, -0.25) is 19.1 Å². The van der Waals surface area contributed by atoms with E-state index in [0.717, 1.165) is 29.9 Å². The average molecular weight is 558 g/mol. The first-order valence-corrected chi connectivity index (χ1v) is 14.5. The molecule has 0 unspecified atom stereocenters. The number of ether oxygens (including phenoxy) is 1. The van der Waals surface area contributed by atoms with Crippen LogP contribution in [-0.2, 0) is 27.8 Å². The van der Waals surface area contributed by atoms with E-state index >= 15 is 0 Å². The van der Waals surface area contributed by atoms with Crippen molar-refractivity contribution in [1.29, 1.82) is 0 Å². The fraction of sp³-hybridized carbons (Fsp3) is 0.423. The largest absolute Gasteiger partial charge is 0.379 e. The highest BCUT2D eigenvalue weighted by atomic mass is 32.2. The molecule has 1 aromatic carbocycles. The van der Waals surface area contributed by atoms with Crippen molar-refractivity contribution in [3.8, 4) is 11.3 Å². The molecule has 0 spiro atoms. The predicted molar refractivity (Wildman–Crippen MR) is 145 cm³/mol. The molecule has 1 saturated heterocycles. The molecule has 5 rings (SSSR count). The molecule has 1 aliphatic heterocycles. The van der Waals surface area contributed by atoms with Gasteiger partial charge < -0.3 is 10.1 Å². The molecule has 39 heavy (non-hydrogen) atoms. The van der Waals surface area contributed by atoms with E-state index in [1.54, 1.807) is 0 Å². The molecule has 11 nitrogen and oxygen atoms in total. The van der Waals surface area contributed by atoms with Crippen molar-refractivity contribution >= 4 is 27.2 Å². The number of hydrogen-bond donors (Lipinski definition) is 3. The molecular formula is C26H32FN7O4S. The van der Waals surface area contributed by atoms with Crippen molar-refractivity contribution in [2.75, 3.05) is 37.5 Å². The number of anilines is 1. The lowest BCUT2D eigenvalue weighted by atomic mass is 9.97. The van der Waals surface area contributed by atoms with E-state index < -0.39 is 16.0 Å². The van der Waals surface area contributed by atoms with Crippen LogP contribution in [0.1, 0.15) is 31.1 Å². The summed E-state index contributed by atoms with van der Waals surface area (Å²) >= 11 is 0. The molecule has 4 aromatic rings. The summed E-state index contributed by atoms with van der Waals surface area (Å²) in [6.07, 6.45) is 2.39. The first kappa shape index (κ1) is 27.2. The monoisotopic (exact) mass is 557 g/mol. The third-order valence-corrected chi connectivity index (χ3v) is 7.18. The van der Waals surface area contributed by atoms with Crippen LogP contribution in [0.3, 0.4) is 0 Å². The number of halogens is 1. The highest BCUT2D eigenvalue weighted by Gasteiger charge is 2.26. The summed E-state index contributed by atoms with van der Waals surface area (Å²) in [4.78, 5) is 11.7. The molecule has 0 saturated carbocycles. The van der Waals surface area contributed by atoms with Crippen LogP contribution in [0.4, 0.5) is 10.3 Å². The number of H-pyrrole nitrogens is 1. The Labute approximate surface area is 226 Å². The van der Waals surface area contributed by atoms with Gasteiger partial charge >= 0.3 is 0 Å². The third-order valence-electron chi connectivity index (χ3n) is 6.68. The van der Waals surface area contributed by atoms with Gasteiger partial charge in [0.1, 0.15) is 17.2 Å². The Hall–Kier alpha value is -3.39. The van der Waals surface area contributed by atoms with Gasteiger partial charge in [-0.15, -0.1) is 0 Å². The fourth-order valence-corrected chi connectivity index (χ4v) is 5.20. The Morgan fingerprint density at radius 1 is 1.13 bits per heavy atom. The number of nitrogens with zero attached hydrogens (tertiary/aromatic N) is 5. The van der Waals surface area contributed by atoms with Crippen LogP contribution in [0.2, 0.25) is 0 Å². The van der Waals surface area contributed by atoms with Gasteiger partial charge in [-0.2, -0.15) is 13.5 Å². The summed E-state index contributed by atoms with van der Waals surface area (Å²) in [7, 11) is -4.23. The summed E-state index contributed by atoms with van der Waals surface area (Å²) in [5.41, 5.74) is 4.54. The van der Waals surface area contributed by atoms with Crippen molar-refractivity contribution < 1.29 is 22.1 Å². The minimum Gasteiger partial charge on any atom is -0.379 e. The van der Waals surface area contributed by atoms with Gasteiger partial charge in [-0.05, 0) is 35.7 Å². The SMILES string of the molecule is CC(C)Cn1c(NCS(=O)(=O)O)nc2ccc(-c3c[nH]nc3C[C@@H](c3ccc(F)cc3)N3CCOCC3)nc21. The summed E-state index contributed by atoms with van der Waals surface area (Å²) in [6, 6.07) is 10.3. The van der Waals surface area contributed by atoms with Crippen LogP contribution in [0.15, 0.2) is 42.6 Å². The molecule has 0 amide bonds. The number of aromatic nitrogens is 5. The summed E-state index contributed by atoms with van der Waals surface area (Å²) in [5.74, 6) is -0.383. The van der Waals surface area contributed by atoms with Gasteiger partial charge in [0.15, 0.2) is 5.65 Å². The number of morpholine rings is 1. The molecule has 3 N–H and O–H groups in total. The zero-order chi connectivity index (χ0) is 27.6. The van der Waals surface area contributed by atoms with Gasteiger partial charge in [0.2, 0.25) is 5.95 Å². The Balaban J connectivity index is 1.50. The summed E-state index contributed by atoms with van der Waals surface area (Å²) in [6.45, 7) is 7.42. The highest BCUT2D eigenvalue weighted by Crippen LogP contribution is 2.31. The van der Waals surface area contributed by atoms with Gasteiger partial charge in [0, 0.05) is 43.9 Å². The number of hydrogen-bond acceptors (Lipinski definition) is 8. The molecule has 0 radical (unpaired) electrons. The zero-order valence-corrected chi connectivity index (χ0v) is 22.7. The minimum atomic E-state index is -4.23. The number of fused-ring (bicyclic) bond motifs is 1. The molecule has 1 aliphatic rings. The van der Waals surface area contributed by atoms with E-state index in [1.807, 2.05) is 48.9 Å². The molecule has 0 aliphatic carbocycles. The first-order valence-electron chi connectivity index (χ1n) is 12.8. The second kappa shape index (κ2) is 11.4. The second-order valence-electron chi connectivity index (χ2n) is 10.0. The second-order valence-corrected chi connectivity index (χ2v) is 11.5. The van der Waals surface area contributed by atoms with E-state index in [2.05, 4.69) is 25.4 Å². The Bertz CT molecular complexity index is 1530. The quantitative estimate of drug-likeness (QED) is 0.250. The number of aromatic amines is 1. The Morgan fingerprint density at radius 2 is 1.87 bits per heavy atom. The minimum absolute atomic E-state index is 0.0250. The van der Waals surface area contributed by atoms with E-state index in [1.165, 1.54) is 12.1 Å². The van der Waals surface area contributed by atoms with Crippen molar-refractivity contribution in [2.24, 2.45) is 5.92 Å². The van der Waals surface area contributed by atoms with Crippen LogP contribution in [0.25, 0.3) is 22.4 Å². The smallest absolute Gasteiger partial charge is 0.283 e. The third kappa shape index (κ3) is 6.44. The van der Waals surface area contributed by atoms with E-state index in [9.17, 15) is 17.4 Å². The van der Waals surface area contributed by atoms with Gasteiger partial charge in [0.25, 0.3) is 10.1 Å². The fourth-order valence-electron chi connectivity index (χ4n) is 4.89. The molecule has 1 fully saturated rings. The van der Waals surface area contributed by atoms with E-state index in [-0.39, 0.29) is 17.8 Å². The predicted octanol–water partition coefficient (Wildman–Crippen LogP) is 3.49. The first-order chi connectivity index (χ1) is 18.7. The number of pyridine rings is 1. The molecule has 13 heteroatoms. The maximum absolute atomic E-state index is 13.7. The average Bonchev–Trinajstić information content (AvgIpc) is 3.50. The van der Waals surface area contributed by atoms with E-state index in [0.29, 0.717) is 49.0 Å². The van der Waals surface area contributed by atoms with Crippen LogP contribution in [0.5, 0.6) is 0 Å². The lowest BCUT2D eigenvalue weighted by molar-refractivity contribution is 0.0159. The molecule has 3 aromatic heterocycles. The summed E-state index contributed by atoms with van der Waals surface area (Å²) in [5, 5.41) is 10.2. The molecule has 208 valence electrons. The summed E-state index contributed by atoms with van der Waals surface area (Å²) < 4.78 is 52.9. The van der Waals surface area contributed by atoms with Crippen molar-refractivity contribution in [1.82, 2.24) is 29.6 Å². The molecule has 4 heterocycles. The number of imidazole rings is 1. The van der Waals surface area contributed by atoms with Crippen LogP contribution < -0.4 is 5.32 Å². The topological polar surface area (TPSA) is 138 Å². The Morgan fingerprint density at radius 3 is 2.56 bits per heavy atom. The van der Waals surface area contributed by atoms with Crippen molar-refractivity contribution in [2.45, 2.75) is 32.9 Å². The van der Waals surface area contributed by atoms with Gasteiger partial charge in [-0.1, -0.05) is 26.0 Å². The lowest BCUT2D eigenvalue weighted by Gasteiger charge is -2.34. The zero-order valence-electron chi connectivity index (χ0n) is 21.8. The Kier molecular flexibility index (Phi) is 7.93. The molecular weight excluding hydrogens is 525 g/mol. The van der Waals surface area contributed by atoms with Gasteiger partial charge in [0.05, 0.1) is 24.6 Å². The lowest BCUT2D eigenvalue weighted by Crippen LogP contribution is -2.40.